The summed E-state index contributed by atoms with van der Waals surface area (Å²) in [7, 11) is 0. The number of nitrogens with one attached hydrogen (secondary N) is 1. The van der Waals surface area contributed by atoms with E-state index in [4.69, 9.17) is 16.2 Å². The summed E-state index contributed by atoms with van der Waals surface area (Å²) in [4.78, 5) is 22.5. The van der Waals surface area contributed by atoms with Crippen LogP contribution in [0.5, 0.6) is 5.75 Å². The molecule has 0 unspecified atom stereocenters. The number of halogens is 1. The highest BCUT2D eigenvalue weighted by molar-refractivity contribution is 9.10. The van der Waals surface area contributed by atoms with Crippen molar-refractivity contribution >= 4 is 28.0 Å². The van der Waals surface area contributed by atoms with Crippen LogP contribution in [0, 0.1) is 6.92 Å². The van der Waals surface area contributed by atoms with Crippen molar-refractivity contribution in [2.45, 2.75) is 6.92 Å². The summed E-state index contributed by atoms with van der Waals surface area (Å²) < 4.78 is 6.02. The molecule has 0 atom stereocenters. The van der Waals surface area contributed by atoms with Crippen molar-refractivity contribution < 1.29 is 9.53 Å². The molecule has 7 nitrogen and oxygen atoms in total. The normalized spacial score (nSPS) is 10.6. The topological polar surface area (TPSA) is 120 Å². The minimum Gasteiger partial charge on any atom is -0.408 e. The molecule has 0 aliphatic rings. The highest BCUT2D eigenvalue weighted by Gasteiger charge is 2.18. The molecule has 122 valence electrons. The quantitative estimate of drug-likeness (QED) is 0.636. The maximum Gasteiger partial charge on any atom is 0.410 e. The summed E-state index contributed by atoms with van der Waals surface area (Å²) in [6, 6.07) is 9.13. The predicted molar refractivity (Wildman–Crippen MR) is 94.3 cm³/mol. The summed E-state index contributed by atoms with van der Waals surface area (Å²) in [5.74, 6) is 0.457. The van der Waals surface area contributed by atoms with Crippen molar-refractivity contribution in [1.29, 1.82) is 0 Å². The van der Waals surface area contributed by atoms with Gasteiger partial charge in [0.05, 0.1) is 17.1 Å². The van der Waals surface area contributed by atoms with Crippen LogP contribution in [0.1, 0.15) is 5.56 Å². The highest BCUT2D eigenvalue weighted by atomic mass is 79.9. The molecule has 3 rings (SSSR count). The van der Waals surface area contributed by atoms with Gasteiger partial charge in [-0.15, -0.1) is 0 Å². The number of primary amides is 1. The molecule has 5 N–H and O–H groups in total. The molecular weight excluding hydrogens is 374 g/mol. The van der Waals surface area contributed by atoms with Gasteiger partial charge in [0.2, 0.25) is 5.95 Å². The Labute approximate surface area is 146 Å². The second-order valence-electron chi connectivity index (χ2n) is 5.08. The fraction of sp³-hybridized carbons (Fsp3) is 0.0625. The summed E-state index contributed by atoms with van der Waals surface area (Å²) >= 11 is 3.56. The number of nitrogens with zero attached hydrogens (tertiary/aromatic N) is 2. The molecule has 0 aliphatic carbocycles. The minimum atomic E-state index is -0.896. The Morgan fingerprint density at radius 1 is 1.33 bits per heavy atom. The van der Waals surface area contributed by atoms with E-state index in [2.05, 4.69) is 30.9 Å². The Bertz CT molecular complexity index is 923. The molecule has 1 amide bonds. The van der Waals surface area contributed by atoms with Gasteiger partial charge in [0.25, 0.3) is 0 Å². The molecule has 2 heterocycles. The van der Waals surface area contributed by atoms with Gasteiger partial charge in [-0.2, -0.15) is 0 Å². The summed E-state index contributed by atoms with van der Waals surface area (Å²) in [6.45, 7) is 1.97. The summed E-state index contributed by atoms with van der Waals surface area (Å²) in [5.41, 5.74) is 14.5. The average Bonchev–Trinajstić information content (AvgIpc) is 2.93. The molecular formula is C16H14BrN5O2. The van der Waals surface area contributed by atoms with Gasteiger partial charge >= 0.3 is 6.09 Å². The molecule has 0 bridgehead atoms. The summed E-state index contributed by atoms with van der Waals surface area (Å²) in [6.07, 6.45) is 0.655. The zero-order valence-corrected chi connectivity index (χ0v) is 14.3. The predicted octanol–water partition coefficient (Wildman–Crippen LogP) is 3.25. The number of carbonyl (C=O) groups is 1. The Kier molecular flexibility index (Phi) is 4.22. The largest absolute Gasteiger partial charge is 0.410 e. The van der Waals surface area contributed by atoms with Crippen LogP contribution in [0.4, 0.5) is 10.7 Å². The number of ether oxygens (including phenoxy) is 1. The Balaban J connectivity index is 2.17. The first-order valence-electron chi connectivity index (χ1n) is 7.00. The Morgan fingerprint density at radius 3 is 2.83 bits per heavy atom. The van der Waals surface area contributed by atoms with Crippen LogP contribution in [0.25, 0.3) is 22.6 Å². The molecule has 0 spiro atoms. The lowest BCUT2D eigenvalue weighted by Crippen LogP contribution is -2.16. The van der Waals surface area contributed by atoms with E-state index >= 15 is 0 Å². The van der Waals surface area contributed by atoms with Gasteiger partial charge in [-0.25, -0.2) is 14.8 Å². The number of H-pyrrole nitrogens is 1. The molecule has 0 aliphatic heterocycles. The third-order valence-electron chi connectivity index (χ3n) is 3.40. The number of nitrogen functional groups attached to an aromatic ring is 1. The third-order valence-corrected chi connectivity index (χ3v) is 4.46. The highest BCUT2D eigenvalue weighted by Crippen LogP contribution is 2.38. The van der Waals surface area contributed by atoms with Gasteiger partial charge in [-0.05, 0) is 34.5 Å². The maximum absolute atomic E-state index is 11.2. The second-order valence-corrected chi connectivity index (χ2v) is 5.87. The molecule has 0 saturated heterocycles. The number of aromatic amines is 1. The van der Waals surface area contributed by atoms with E-state index in [1.807, 2.05) is 25.1 Å². The number of nitrogens with two attached hydrogens (primary N) is 2. The van der Waals surface area contributed by atoms with Crippen LogP contribution in [0.15, 0.2) is 41.0 Å². The zero-order valence-electron chi connectivity index (χ0n) is 12.7. The molecule has 24 heavy (non-hydrogen) atoms. The second kappa shape index (κ2) is 6.32. The van der Waals surface area contributed by atoms with Gasteiger partial charge in [0.1, 0.15) is 0 Å². The van der Waals surface area contributed by atoms with E-state index in [9.17, 15) is 4.79 Å². The first-order valence-corrected chi connectivity index (χ1v) is 7.79. The lowest BCUT2D eigenvalue weighted by Gasteiger charge is -2.08. The Hall–Kier alpha value is -2.87. The van der Waals surface area contributed by atoms with Crippen LogP contribution in [-0.4, -0.2) is 21.0 Å². The van der Waals surface area contributed by atoms with Gasteiger partial charge in [0.15, 0.2) is 5.75 Å². The van der Waals surface area contributed by atoms with Gasteiger partial charge in [-0.1, -0.05) is 18.2 Å². The first-order chi connectivity index (χ1) is 11.5. The van der Waals surface area contributed by atoms with Gasteiger partial charge in [-0.3, -0.25) is 0 Å². The molecule has 2 aromatic heterocycles. The van der Waals surface area contributed by atoms with Crippen LogP contribution in [0.3, 0.4) is 0 Å². The van der Waals surface area contributed by atoms with Crippen LogP contribution in [-0.2, 0) is 0 Å². The summed E-state index contributed by atoms with van der Waals surface area (Å²) in [5, 5.41) is 0. The number of rotatable bonds is 3. The van der Waals surface area contributed by atoms with Gasteiger partial charge in [0, 0.05) is 22.3 Å². The number of aryl methyl sites for hydroxylation is 1. The van der Waals surface area contributed by atoms with Crippen LogP contribution in [0.2, 0.25) is 0 Å². The average molecular weight is 388 g/mol. The number of anilines is 1. The fourth-order valence-corrected chi connectivity index (χ4v) is 2.79. The van der Waals surface area contributed by atoms with Crippen molar-refractivity contribution in [2.75, 3.05) is 5.73 Å². The van der Waals surface area contributed by atoms with E-state index in [-0.39, 0.29) is 5.95 Å². The molecule has 0 saturated carbocycles. The SMILES string of the molecule is Cc1cccc(-c2[nH]c(-c3ccnc(N)n3)cc2OC(N)=O)c1Br. The van der Waals surface area contributed by atoms with Crippen molar-refractivity contribution in [1.82, 2.24) is 15.0 Å². The first kappa shape index (κ1) is 16.0. The number of carbonyl (C=O) groups excluding carboxylic acids is 1. The van der Waals surface area contributed by atoms with Gasteiger partial charge < -0.3 is 21.2 Å². The number of hydrogen-bond donors (Lipinski definition) is 3. The van der Waals surface area contributed by atoms with E-state index in [1.165, 1.54) is 0 Å². The van der Waals surface area contributed by atoms with Crippen LogP contribution >= 0.6 is 15.9 Å². The number of hydrogen-bond acceptors (Lipinski definition) is 5. The maximum atomic E-state index is 11.2. The van der Waals surface area contributed by atoms with E-state index in [0.717, 1.165) is 15.6 Å². The molecule has 0 radical (unpaired) electrons. The standard InChI is InChI=1S/C16H14BrN5O2/c1-8-3-2-4-9(13(8)17)14-12(24-16(19)23)7-11(21-14)10-5-6-20-15(18)22-10/h2-7,21H,1H3,(H2,19,23)(H2,18,20,22). The third kappa shape index (κ3) is 3.09. The van der Waals surface area contributed by atoms with E-state index < -0.39 is 6.09 Å². The zero-order chi connectivity index (χ0) is 17.3. The molecule has 1 aromatic carbocycles. The number of benzene rings is 1. The Morgan fingerprint density at radius 2 is 2.12 bits per heavy atom. The molecule has 0 fully saturated rings. The van der Waals surface area contributed by atoms with Crippen molar-refractivity contribution in [3.63, 3.8) is 0 Å². The van der Waals surface area contributed by atoms with E-state index in [0.29, 0.717) is 22.8 Å². The van der Waals surface area contributed by atoms with Crippen LogP contribution < -0.4 is 16.2 Å². The molecule has 3 aromatic rings. The van der Waals surface area contributed by atoms with Crippen molar-refractivity contribution in [2.24, 2.45) is 5.73 Å². The number of amides is 1. The minimum absolute atomic E-state index is 0.151. The number of aromatic nitrogens is 3. The smallest absolute Gasteiger partial charge is 0.408 e. The molecule has 8 heteroatoms. The monoisotopic (exact) mass is 387 g/mol. The lowest BCUT2D eigenvalue weighted by atomic mass is 10.1. The van der Waals surface area contributed by atoms with Crippen molar-refractivity contribution in [3.05, 3.63) is 46.6 Å². The fourth-order valence-electron chi connectivity index (χ4n) is 2.33. The van der Waals surface area contributed by atoms with E-state index in [1.54, 1.807) is 18.3 Å². The van der Waals surface area contributed by atoms with Crippen molar-refractivity contribution in [3.8, 4) is 28.4 Å². The lowest BCUT2D eigenvalue weighted by molar-refractivity contribution is 0.211.